The Morgan fingerprint density at radius 2 is 0.806 bits per heavy atom. The monoisotopic (exact) mass is 788 g/mol. The maximum absolute atomic E-state index is 2.43. The molecule has 290 valence electrons. The van der Waals surface area contributed by atoms with Crippen LogP contribution >= 0.6 is 0 Å². The summed E-state index contributed by atoms with van der Waals surface area (Å²) < 4.78 is 2.43. The lowest BCUT2D eigenvalue weighted by Gasteiger charge is -2.26. The molecule has 1 heterocycles. The van der Waals surface area contributed by atoms with E-state index in [1.54, 1.807) is 0 Å². The maximum atomic E-state index is 2.43. The van der Waals surface area contributed by atoms with Crippen molar-refractivity contribution in [2.45, 2.75) is 0 Å². The van der Waals surface area contributed by atoms with E-state index in [1.165, 1.54) is 82.0 Å². The van der Waals surface area contributed by atoms with Gasteiger partial charge in [-0.15, -0.1) is 0 Å². The van der Waals surface area contributed by atoms with Crippen molar-refractivity contribution in [2.75, 3.05) is 4.90 Å². The van der Waals surface area contributed by atoms with Crippen molar-refractivity contribution in [3.63, 3.8) is 0 Å². The number of hydrogen-bond donors (Lipinski definition) is 0. The summed E-state index contributed by atoms with van der Waals surface area (Å²) in [6, 6.07) is 88.5. The number of hydrogen-bond acceptors (Lipinski definition) is 1. The second kappa shape index (κ2) is 14.8. The molecule has 0 saturated heterocycles. The van der Waals surface area contributed by atoms with Gasteiger partial charge < -0.3 is 9.47 Å². The minimum absolute atomic E-state index is 1.08. The van der Waals surface area contributed by atoms with Gasteiger partial charge in [0, 0.05) is 33.5 Å². The molecular weight excluding hydrogens is 749 g/mol. The van der Waals surface area contributed by atoms with E-state index in [4.69, 9.17) is 0 Å². The standard InChI is InChI=1S/C60H40N2/c1-3-14-41(15-4-1)42-26-31-49(32-27-42)61(51-35-37-55-57-38-46-18-7-8-19-47(46)39-58(57)62(59(55)40-51)48-21-5-2-6-22-48)50-33-28-45(29-34-50)54-36-30-44-17-10-12-24-53(44)60(54)56-25-13-20-43-16-9-11-23-52(43)56/h1-40H. The lowest BCUT2D eigenvalue weighted by molar-refractivity contribution is 1.18. The molecule has 0 aliphatic carbocycles. The van der Waals surface area contributed by atoms with Crippen molar-refractivity contribution in [1.29, 1.82) is 0 Å². The van der Waals surface area contributed by atoms with Crippen LogP contribution in [0, 0.1) is 0 Å². The van der Waals surface area contributed by atoms with Crippen LogP contribution in [-0.4, -0.2) is 4.57 Å². The van der Waals surface area contributed by atoms with Gasteiger partial charge in [0.05, 0.1) is 11.0 Å². The van der Waals surface area contributed by atoms with Crippen LogP contribution < -0.4 is 4.90 Å². The predicted octanol–water partition coefficient (Wildman–Crippen LogP) is 16.7. The average molecular weight is 789 g/mol. The summed E-state index contributed by atoms with van der Waals surface area (Å²) in [5.41, 5.74) is 14.0. The molecule has 0 aliphatic heterocycles. The van der Waals surface area contributed by atoms with Gasteiger partial charge in [-0.2, -0.15) is 0 Å². The van der Waals surface area contributed by atoms with Crippen molar-refractivity contribution in [3.05, 3.63) is 243 Å². The van der Waals surface area contributed by atoms with Crippen molar-refractivity contribution in [2.24, 2.45) is 0 Å². The summed E-state index contributed by atoms with van der Waals surface area (Å²) in [6.45, 7) is 0. The Labute approximate surface area is 360 Å². The molecule has 0 aliphatic rings. The van der Waals surface area contributed by atoms with Crippen LogP contribution in [0.5, 0.6) is 0 Å². The molecule has 0 saturated carbocycles. The molecule has 11 aromatic carbocycles. The fourth-order valence-corrected chi connectivity index (χ4v) is 9.60. The summed E-state index contributed by atoms with van der Waals surface area (Å²) in [4.78, 5) is 2.40. The fourth-order valence-electron chi connectivity index (χ4n) is 9.60. The minimum Gasteiger partial charge on any atom is -0.310 e. The van der Waals surface area contributed by atoms with Crippen LogP contribution in [0.3, 0.4) is 0 Å². The molecule has 0 bridgehead atoms. The van der Waals surface area contributed by atoms with Gasteiger partial charge in [0.2, 0.25) is 0 Å². The molecule has 0 N–H and O–H groups in total. The van der Waals surface area contributed by atoms with Crippen molar-refractivity contribution in [3.8, 4) is 39.1 Å². The molecule has 2 heteroatoms. The number of rotatable bonds is 7. The van der Waals surface area contributed by atoms with Crippen LogP contribution in [0.4, 0.5) is 17.1 Å². The van der Waals surface area contributed by atoms with Gasteiger partial charge in [0.25, 0.3) is 0 Å². The molecule has 12 rings (SSSR count). The van der Waals surface area contributed by atoms with Gasteiger partial charge in [-0.1, -0.05) is 182 Å². The third-order valence-corrected chi connectivity index (χ3v) is 12.5. The molecular formula is C60H40N2. The smallest absolute Gasteiger partial charge is 0.0561 e. The molecule has 0 amide bonds. The van der Waals surface area contributed by atoms with Crippen LogP contribution in [0.15, 0.2) is 243 Å². The van der Waals surface area contributed by atoms with Gasteiger partial charge in [-0.25, -0.2) is 0 Å². The Hall–Kier alpha value is -8.20. The summed E-state index contributed by atoms with van der Waals surface area (Å²) >= 11 is 0. The van der Waals surface area contributed by atoms with E-state index in [0.29, 0.717) is 0 Å². The second-order valence-corrected chi connectivity index (χ2v) is 16.1. The quantitative estimate of drug-likeness (QED) is 0.156. The maximum Gasteiger partial charge on any atom is 0.0561 e. The van der Waals surface area contributed by atoms with Gasteiger partial charge in [0.1, 0.15) is 0 Å². The summed E-state index contributed by atoms with van der Waals surface area (Å²) in [5, 5.41) is 9.93. The highest BCUT2D eigenvalue weighted by atomic mass is 15.1. The highest BCUT2D eigenvalue weighted by Gasteiger charge is 2.20. The molecule has 2 nitrogen and oxygen atoms in total. The zero-order valence-corrected chi connectivity index (χ0v) is 34.0. The zero-order chi connectivity index (χ0) is 41.0. The van der Waals surface area contributed by atoms with E-state index in [0.717, 1.165) is 28.3 Å². The van der Waals surface area contributed by atoms with Crippen molar-refractivity contribution in [1.82, 2.24) is 4.57 Å². The molecule has 0 unspecified atom stereocenters. The largest absolute Gasteiger partial charge is 0.310 e. The first-order valence-electron chi connectivity index (χ1n) is 21.3. The molecule has 0 atom stereocenters. The third-order valence-electron chi connectivity index (χ3n) is 12.5. The zero-order valence-electron chi connectivity index (χ0n) is 34.0. The SMILES string of the molecule is c1ccc(-c2ccc(N(c3ccc(-c4ccc5ccccc5c4-c4cccc5ccccc45)cc3)c3ccc4c5cc6ccccc6cc5n(-c5ccccc5)c4c3)cc2)cc1. The highest BCUT2D eigenvalue weighted by molar-refractivity contribution is 6.15. The predicted molar refractivity (Wildman–Crippen MR) is 264 cm³/mol. The van der Waals surface area contributed by atoms with Crippen LogP contribution in [0.25, 0.3) is 93.2 Å². The molecule has 1 aromatic heterocycles. The Bertz CT molecular complexity index is 3600. The van der Waals surface area contributed by atoms with Crippen LogP contribution in [0.1, 0.15) is 0 Å². The minimum atomic E-state index is 1.08. The van der Waals surface area contributed by atoms with Crippen LogP contribution in [-0.2, 0) is 0 Å². The first-order chi connectivity index (χ1) is 30.7. The topological polar surface area (TPSA) is 8.17 Å². The third kappa shape index (κ3) is 6.04. The Morgan fingerprint density at radius 3 is 1.53 bits per heavy atom. The Kier molecular flexibility index (Phi) is 8.53. The number of nitrogens with zero attached hydrogens (tertiary/aromatic N) is 2. The van der Waals surface area contributed by atoms with Gasteiger partial charge in [0.15, 0.2) is 0 Å². The molecule has 0 radical (unpaired) electrons. The molecule has 0 spiro atoms. The molecule has 62 heavy (non-hydrogen) atoms. The fraction of sp³-hybridized carbons (Fsp3) is 0. The van der Waals surface area contributed by atoms with E-state index in [2.05, 4.69) is 252 Å². The van der Waals surface area contributed by atoms with E-state index in [9.17, 15) is 0 Å². The first kappa shape index (κ1) is 35.7. The number of aromatic nitrogens is 1. The lowest BCUT2D eigenvalue weighted by Crippen LogP contribution is -2.10. The molecule has 0 fully saturated rings. The van der Waals surface area contributed by atoms with Gasteiger partial charge >= 0.3 is 0 Å². The van der Waals surface area contributed by atoms with Gasteiger partial charge in [-0.05, 0) is 126 Å². The Morgan fingerprint density at radius 1 is 0.274 bits per heavy atom. The number of para-hydroxylation sites is 1. The lowest BCUT2D eigenvalue weighted by atomic mass is 9.87. The van der Waals surface area contributed by atoms with E-state index in [1.807, 2.05) is 0 Å². The molecule has 12 aromatic rings. The first-order valence-corrected chi connectivity index (χ1v) is 21.3. The summed E-state index contributed by atoms with van der Waals surface area (Å²) in [5.74, 6) is 0. The van der Waals surface area contributed by atoms with E-state index < -0.39 is 0 Å². The Balaban J connectivity index is 1.05. The van der Waals surface area contributed by atoms with Gasteiger partial charge in [-0.3, -0.25) is 0 Å². The van der Waals surface area contributed by atoms with Crippen molar-refractivity contribution >= 4 is 71.2 Å². The summed E-state index contributed by atoms with van der Waals surface area (Å²) in [7, 11) is 0. The second-order valence-electron chi connectivity index (χ2n) is 16.1. The number of anilines is 3. The van der Waals surface area contributed by atoms with E-state index >= 15 is 0 Å². The number of benzene rings is 11. The summed E-state index contributed by atoms with van der Waals surface area (Å²) in [6.07, 6.45) is 0. The van der Waals surface area contributed by atoms with E-state index in [-0.39, 0.29) is 0 Å². The highest BCUT2D eigenvalue weighted by Crippen LogP contribution is 2.44. The number of fused-ring (bicyclic) bond motifs is 6. The average Bonchev–Trinajstić information content (AvgIpc) is 3.66. The van der Waals surface area contributed by atoms with Crippen molar-refractivity contribution < 1.29 is 0 Å². The normalized spacial score (nSPS) is 11.5. The van der Waals surface area contributed by atoms with Crippen LogP contribution in [0.2, 0.25) is 0 Å².